The summed E-state index contributed by atoms with van der Waals surface area (Å²) in [7, 11) is 1.57. The monoisotopic (exact) mass is 358 g/mol. The second-order valence-corrected chi connectivity index (χ2v) is 6.03. The lowest BCUT2D eigenvalue weighted by atomic mass is 10.0. The maximum Gasteiger partial charge on any atom is 0.126 e. The Balaban J connectivity index is 2.54. The molecule has 0 aliphatic rings. The zero-order valence-corrected chi connectivity index (χ0v) is 13.8. The molecule has 0 saturated heterocycles. The van der Waals surface area contributed by atoms with Crippen molar-refractivity contribution in [2.75, 3.05) is 7.11 Å². The third-order valence-electron chi connectivity index (χ3n) is 3.02. The van der Waals surface area contributed by atoms with Crippen LogP contribution >= 0.6 is 27.5 Å². The Labute approximate surface area is 131 Å². The Morgan fingerprint density at radius 1 is 1.40 bits per heavy atom. The molecule has 20 heavy (non-hydrogen) atoms. The van der Waals surface area contributed by atoms with Crippen LogP contribution in [-0.4, -0.2) is 22.0 Å². The first-order valence-electron chi connectivity index (χ1n) is 6.20. The van der Waals surface area contributed by atoms with Crippen LogP contribution in [0, 0.1) is 0 Å². The van der Waals surface area contributed by atoms with E-state index in [0.717, 1.165) is 4.47 Å². The molecule has 1 aromatic heterocycles. The van der Waals surface area contributed by atoms with Gasteiger partial charge in [0, 0.05) is 16.1 Å². The third-order valence-corrected chi connectivity index (χ3v) is 3.81. The molecule has 0 aliphatic carbocycles. The van der Waals surface area contributed by atoms with Gasteiger partial charge in [0.1, 0.15) is 11.9 Å². The number of ether oxygens (including phenoxy) is 1. The van der Waals surface area contributed by atoms with Gasteiger partial charge in [0.25, 0.3) is 0 Å². The lowest BCUT2D eigenvalue weighted by molar-refractivity contribution is 0.200. The minimum Gasteiger partial charge on any atom is -0.496 e. The molecule has 1 atom stereocenters. The quantitative estimate of drug-likeness (QED) is 0.898. The van der Waals surface area contributed by atoms with Gasteiger partial charge in [-0.25, -0.2) is 0 Å². The molecule has 0 aliphatic heterocycles. The highest BCUT2D eigenvalue weighted by Crippen LogP contribution is 2.36. The number of benzene rings is 1. The van der Waals surface area contributed by atoms with E-state index in [2.05, 4.69) is 21.0 Å². The van der Waals surface area contributed by atoms with E-state index in [1.54, 1.807) is 24.1 Å². The van der Waals surface area contributed by atoms with Crippen molar-refractivity contribution in [1.82, 2.24) is 9.78 Å². The van der Waals surface area contributed by atoms with E-state index in [1.165, 1.54) is 0 Å². The Bertz CT molecular complexity index is 613. The molecule has 2 aromatic rings. The van der Waals surface area contributed by atoms with Crippen LogP contribution < -0.4 is 4.74 Å². The van der Waals surface area contributed by atoms with Gasteiger partial charge < -0.3 is 9.84 Å². The van der Waals surface area contributed by atoms with Gasteiger partial charge >= 0.3 is 0 Å². The zero-order chi connectivity index (χ0) is 14.9. The largest absolute Gasteiger partial charge is 0.496 e. The van der Waals surface area contributed by atoms with Gasteiger partial charge in [-0.05, 0) is 32.0 Å². The number of nitrogens with zero attached hydrogens (tertiary/aromatic N) is 2. The van der Waals surface area contributed by atoms with Crippen LogP contribution in [0.1, 0.15) is 37.3 Å². The number of aromatic nitrogens is 2. The lowest BCUT2D eigenvalue weighted by Crippen LogP contribution is -2.13. The highest BCUT2D eigenvalue weighted by atomic mass is 79.9. The summed E-state index contributed by atoms with van der Waals surface area (Å²) in [6, 6.07) is 5.57. The number of halogens is 2. The number of rotatable bonds is 4. The molecule has 0 saturated carbocycles. The Kier molecular flexibility index (Phi) is 4.73. The van der Waals surface area contributed by atoms with E-state index in [9.17, 15) is 5.11 Å². The van der Waals surface area contributed by atoms with Crippen molar-refractivity contribution >= 4 is 27.5 Å². The van der Waals surface area contributed by atoms with Crippen molar-refractivity contribution in [2.45, 2.75) is 26.0 Å². The summed E-state index contributed by atoms with van der Waals surface area (Å²) in [5.41, 5.74) is 1.21. The standard InChI is InChI=1S/C14H16BrClN2O2/c1-8(2)18-13(11(16)7-17-18)14(19)10-6-9(15)4-5-12(10)20-3/h4-8,14,19H,1-3H3. The Morgan fingerprint density at radius 2 is 2.10 bits per heavy atom. The smallest absolute Gasteiger partial charge is 0.126 e. The second kappa shape index (κ2) is 6.16. The Morgan fingerprint density at radius 3 is 2.70 bits per heavy atom. The summed E-state index contributed by atoms with van der Waals surface area (Å²) in [5, 5.41) is 15.3. The third kappa shape index (κ3) is 2.85. The van der Waals surface area contributed by atoms with Gasteiger partial charge in [-0.1, -0.05) is 27.5 Å². The maximum atomic E-state index is 10.7. The predicted octanol–water partition coefficient (Wildman–Crippen LogP) is 3.97. The van der Waals surface area contributed by atoms with Crippen LogP contribution in [0.5, 0.6) is 5.75 Å². The molecule has 1 N–H and O–H groups in total. The molecule has 4 nitrogen and oxygen atoms in total. The fraction of sp³-hybridized carbons (Fsp3) is 0.357. The van der Waals surface area contributed by atoms with E-state index in [1.807, 2.05) is 26.0 Å². The molecule has 0 radical (unpaired) electrons. The number of aliphatic hydroxyl groups excluding tert-OH is 1. The van der Waals surface area contributed by atoms with Gasteiger partial charge in [-0.3, -0.25) is 4.68 Å². The summed E-state index contributed by atoms with van der Waals surface area (Å²) >= 11 is 9.57. The van der Waals surface area contributed by atoms with E-state index < -0.39 is 6.10 Å². The SMILES string of the molecule is COc1ccc(Br)cc1C(O)c1c(Cl)cnn1C(C)C. The molecular formula is C14H16BrClN2O2. The maximum absolute atomic E-state index is 10.7. The molecule has 1 unspecified atom stereocenters. The van der Waals surface area contributed by atoms with E-state index in [0.29, 0.717) is 22.0 Å². The van der Waals surface area contributed by atoms with Crippen molar-refractivity contribution in [3.63, 3.8) is 0 Å². The van der Waals surface area contributed by atoms with Crippen LogP contribution in [0.3, 0.4) is 0 Å². The topological polar surface area (TPSA) is 47.3 Å². The number of hydrogen-bond acceptors (Lipinski definition) is 3. The van der Waals surface area contributed by atoms with Gasteiger partial charge in [0.15, 0.2) is 0 Å². The molecule has 0 amide bonds. The molecule has 0 spiro atoms. The molecule has 1 aromatic carbocycles. The predicted molar refractivity (Wildman–Crippen MR) is 82.4 cm³/mol. The minimum absolute atomic E-state index is 0.102. The average molecular weight is 360 g/mol. The van der Waals surface area contributed by atoms with Crippen molar-refractivity contribution < 1.29 is 9.84 Å². The van der Waals surface area contributed by atoms with Gasteiger partial charge in [-0.15, -0.1) is 0 Å². The molecule has 108 valence electrons. The Hall–Kier alpha value is -1.04. The van der Waals surface area contributed by atoms with Crippen molar-refractivity contribution in [3.8, 4) is 5.75 Å². The fourth-order valence-corrected chi connectivity index (χ4v) is 2.70. The molecule has 1 heterocycles. The molecule has 6 heteroatoms. The number of aliphatic hydroxyl groups is 1. The average Bonchev–Trinajstić information content (AvgIpc) is 2.80. The van der Waals surface area contributed by atoms with E-state index >= 15 is 0 Å². The normalized spacial score (nSPS) is 12.8. The van der Waals surface area contributed by atoms with Crippen LogP contribution in [0.4, 0.5) is 0 Å². The first-order chi connectivity index (χ1) is 9.45. The summed E-state index contributed by atoms with van der Waals surface area (Å²) in [4.78, 5) is 0. The van der Waals surface area contributed by atoms with E-state index in [-0.39, 0.29) is 6.04 Å². The first kappa shape index (κ1) is 15.4. The molecule has 0 fully saturated rings. The minimum atomic E-state index is -0.903. The number of methoxy groups -OCH3 is 1. The molecular weight excluding hydrogens is 344 g/mol. The fourth-order valence-electron chi connectivity index (χ4n) is 2.08. The van der Waals surface area contributed by atoms with Crippen molar-refractivity contribution in [3.05, 3.63) is 45.1 Å². The molecule has 0 bridgehead atoms. The molecule has 2 rings (SSSR count). The van der Waals surface area contributed by atoms with Crippen LogP contribution in [0.2, 0.25) is 5.02 Å². The summed E-state index contributed by atoms with van der Waals surface area (Å²) in [6.45, 7) is 3.97. The van der Waals surface area contributed by atoms with Crippen molar-refractivity contribution in [1.29, 1.82) is 0 Å². The summed E-state index contributed by atoms with van der Waals surface area (Å²) in [5.74, 6) is 0.605. The van der Waals surface area contributed by atoms with Crippen LogP contribution in [-0.2, 0) is 0 Å². The highest BCUT2D eigenvalue weighted by Gasteiger charge is 2.24. The van der Waals surface area contributed by atoms with Gasteiger partial charge in [-0.2, -0.15) is 5.10 Å². The van der Waals surface area contributed by atoms with Crippen molar-refractivity contribution in [2.24, 2.45) is 0 Å². The summed E-state index contributed by atoms with van der Waals surface area (Å²) < 4.78 is 7.88. The van der Waals surface area contributed by atoms with Crippen LogP contribution in [0.15, 0.2) is 28.9 Å². The number of hydrogen-bond donors (Lipinski definition) is 1. The van der Waals surface area contributed by atoms with Crippen LogP contribution in [0.25, 0.3) is 0 Å². The van der Waals surface area contributed by atoms with Gasteiger partial charge in [0.05, 0.1) is 24.0 Å². The van der Waals surface area contributed by atoms with E-state index in [4.69, 9.17) is 16.3 Å². The van der Waals surface area contributed by atoms with Gasteiger partial charge in [0.2, 0.25) is 0 Å². The summed E-state index contributed by atoms with van der Waals surface area (Å²) in [6.07, 6.45) is 0.643. The first-order valence-corrected chi connectivity index (χ1v) is 7.37. The zero-order valence-electron chi connectivity index (χ0n) is 11.5. The second-order valence-electron chi connectivity index (χ2n) is 4.70. The highest BCUT2D eigenvalue weighted by molar-refractivity contribution is 9.10. The lowest BCUT2D eigenvalue weighted by Gasteiger charge is -2.19.